The van der Waals surface area contributed by atoms with Crippen molar-refractivity contribution in [3.63, 3.8) is 0 Å². The summed E-state index contributed by atoms with van der Waals surface area (Å²) in [7, 11) is 0. The Labute approximate surface area is 164 Å². The van der Waals surface area contributed by atoms with E-state index in [1.165, 1.54) is 25.7 Å². The van der Waals surface area contributed by atoms with E-state index < -0.39 is 0 Å². The van der Waals surface area contributed by atoms with E-state index >= 15 is 0 Å². The Balaban J connectivity index is 0.00000288. The van der Waals surface area contributed by atoms with Crippen LogP contribution in [-0.4, -0.2) is 50.5 Å². The monoisotopic (exact) mass is 453 g/mol. The lowest BCUT2D eigenvalue weighted by Crippen LogP contribution is -2.42. The second kappa shape index (κ2) is 11.5. The molecule has 0 spiro atoms. The first-order chi connectivity index (χ1) is 11.2. The number of ether oxygens (including phenoxy) is 1. The first kappa shape index (κ1) is 22.0. The number of halogens is 1. The first-order valence-corrected chi connectivity index (χ1v) is 9.40. The van der Waals surface area contributed by atoms with Crippen LogP contribution in [0.4, 0.5) is 0 Å². The Morgan fingerprint density at radius 2 is 2.08 bits per heavy atom. The van der Waals surface area contributed by atoms with Gasteiger partial charge in [0.25, 0.3) is 0 Å². The highest BCUT2D eigenvalue weighted by Crippen LogP contribution is 2.32. The minimum absolute atomic E-state index is 0. The summed E-state index contributed by atoms with van der Waals surface area (Å²) in [4.78, 5) is 4.80. The summed E-state index contributed by atoms with van der Waals surface area (Å²) < 4.78 is 5.55. The van der Waals surface area contributed by atoms with Crippen LogP contribution in [0.5, 0.6) is 0 Å². The highest BCUT2D eigenvalue weighted by atomic mass is 127. The predicted octanol–water partition coefficient (Wildman–Crippen LogP) is 2.77. The van der Waals surface area contributed by atoms with Crippen LogP contribution in [0.1, 0.15) is 52.4 Å². The lowest BCUT2D eigenvalue weighted by molar-refractivity contribution is 0.131. The highest BCUT2D eigenvalue weighted by Gasteiger charge is 2.34. The number of aliphatic hydroxyl groups excluding tert-OH is 1. The number of aliphatic imine (C=N–C) groups is 1. The molecule has 0 radical (unpaired) electrons. The fourth-order valence-corrected chi connectivity index (χ4v) is 3.80. The van der Waals surface area contributed by atoms with E-state index in [4.69, 9.17) is 9.73 Å². The first-order valence-electron chi connectivity index (χ1n) is 9.40. The molecule has 6 heteroatoms. The zero-order valence-electron chi connectivity index (χ0n) is 15.4. The molecule has 1 saturated heterocycles. The van der Waals surface area contributed by atoms with Gasteiger partial charge in [-0.3, -0.25) is 4.99 Å². The summed E-state index contributed by atoms with van der Waals surface area (Å²) in [6.45, 7) is 8.80. The minimum Gasteiger partial charge on any atom is -0.396 e. The van der Waals surface area contributed by atoms with Crippen molar-refractivity contribution in [2.45, 2.75) is 52.4 Å². The Kier molecular flexibility index (Phi) is 10.5. The molecule has 1 saturated carbocycles. The predicted molar refractivity (Wildman–Crippen MR) is 110 cm³/mol. The molecule has 0 aromatic rings. The highest BCUT2D eigenvalue weighted by molar-refractivity contribution is 14.0. The van der Waals surface area contributed by atoms with E-state index in [2.05, 4.69) is 24.5 Å². The maximum atomic E-state index is 9.33. The lowest BCUT2D eigenvalue weighted by Gasteiger charge is -2.30. The van der Waals surface area contributed by atoms with Crippen LogP contribution in [0.15, 0.2) is 4.99 Å². The van der Waals surface area contributed by atoms with Gasteiger partial charge in [0.1, 0.15) is 0 Å². The van der Waals surface area contributed by atoms with Crippen molar-refractivity contribution < 1.29 is 9.84 Å². The summed E-state index contributed by atoms with van der Waals surface area (Å²) >= 11 is 0. The van der Waals surface area contributed by atoms with Crippen LogP contribution in [0, 0.1) is 17.3 Å². The molecule has 3 unspecified atom stereocenters. The summed E-state index contributed by atoms with van der Waals surface area (Å²) in [5.41, 5.74) is 0.0230. The fourth-order valence-electron chi connectivity index (χ4n) is 3.80. The Morgan fingerprint density at radius 1 is 1.29 bits per heavy atom. The molecule has 0 bridgehead atoms. The molecular formula is C18H36IN3O2. The number of aliphatic hydroxyl groups is 1. The van der Waals surface area contributed by atoms with Crippen molar-refractivity contribution in [3.05, 3.63) is 0 Å². The zero-order valence-corrected chi connectivity index (χ0v) is 17.7. The topological polar surface area (TPSA) is 65.9 Å². The van der Waals surface area contributed by atoms with Gasteiger partial charge >= 0.3 is 0 Å². The molecule has 24 heavy (non-hydrogen) atoms. The SMILES string of the molecule is CCNC(=NCC1(CCO)CCOC1)NCC1CCCCC1C.I. The van der Waals surface area contributed by atoms with Gasteiger partial charge in [-0.05, 0) is 38.0 Å². The number of rotatable bonds is 7. The van der Waals surface area contributed by atoms with Crippen LogP contribution in [-0.2, 0) is 4.74 Å². The van der Waals surface area contributed by atoms with E-state index in [-0.39, 0.29) is 36.0 Å². The summed E-state index contributed by atoms with van der Waals surface area (Å²) in [6.07, 6.45) is 7.20. The Bertz CT molecular complexity index is 373. The van der Waals surface area contributed by atoms with Gasteiger partial charge in [0.15, 0.2) is 5.96 Å². The van der Waals surface area contributed by atoms with Crippen molar-refractivity contribution in [1.82, 2.24) is 10.6 Å². The molecule has 142 valence electrons. The van der Waals surface area contributed by atoms with Crippen LogP contribution in [0.2, 0.25) is 0 Å². The van der Waals surface area contributed by atoms with Crippen LogP contribution < -0.4 is 10.6 Å². The molecule has 0 amide bonds. The molecule has 1 heterocycles. The Hall–Kier alpha value is -0.0800. The van der Waals surface area contributed by atoms with E-state index in [0.717, 1.165) is 63.5 Å². The minimum atomic E-state index is 0. The summed E-state index contributed by atoms with van der Waals surface area (Å²) in [6, 6.07) is 0. The molecule has 2 rings (SSSR count). The second-order valence-electron chi connectivity index (χ2n) is 7.37. The van der Waals surface area contributed by atoms with E-state index in [1.807, 2.05) is 0 Å². The van der Waals surface area contributed by atoms with Gasteiger partial charge in [0.05, 0.1) is 13.2 Å². The van der Waals surface area contributed by atoms with Gasteiger partial charge in [0, 0.05) is 31.7 Å². The molecule has 0 aromatic heterocycles. The van der Waals surface area contributed by atoms with Gasteiger partial charge in [-0.25, -0.2) is 0 Å². The fraction of sp³-hybridized carbons (Fsp3) is 0.944. The maximum Gasteiger partial charge on any atom is 0.191 e. The third-order valence-corrected chi connectivity index (χ3v) is 5.56. The number of hydrogen-bond acceptors (Lipinski definition) is 3. The molecule has 3 N–H and O–H groups in total. The van der Waals surface area contributed by atoms with E-state index in [9.17, 15) is 5.11 Å². The van der Waals surface area contributed by atoms with Crippen LogP contribution in [0.3, 0.4) is 0 Å². The van der Waals surface area contributed by atoms with Gasteiger partial charge in [-0.2, -0.15) is 0 Å². The standard InChI is InChI=1S/C18H35N3O2.HI/c1-3-19-17(20-12-16-7-5-4-6-15(16)2)21-13-18(8-10-22)9-11-23-14-18;/h15-16,22H,3-14H2,1-2H3,(H2,19,20,21);1H. The molecule has 3 atom stereocenters. The second-order valence-corrected chi connectivity index (χ2v) is 7.37. The van der Waals surface area contributed by atoms with Crippen LogP contribution in [0.25, 0.3) is 0 Å². The normalized spacial score (nSPS) is 30.7. The average Bonchev–Trinajstić information content (AvgIpc) is 3.01. The van der Waals surface area contributed by atoms with Crippen molar-refractivity contribution >= 4 is 29.9 Å². The quantitative estimate of drug-likeness (QED) is 0.315. The number of nitrogens with zero attached hydrogens (tertiary/aromatic N) is 1. The molecular weight excluding hydrogens is 417 g/mol. The zero-order chi connectivity index (χ0) is 16.5. The molecule has 2 fully saturated rings. The van der Waals surface area contributed by atoms with Crippen molar-refractivity contribution in [2.75, 3.05) is 39.5 Å². The third kappa shape index (κ3) is 6.67. The van der Waals surface area contributed by atoms with E-state index in [0.29, 0.717) is 0 Å². The maximum absolute atomic E-state index is 9.33. The van der Waals surface area contributed by atoms with Crippen molar-refractivity contribution in [1.29, 1.82) is 0 Å². The summed E-state index contributed by atoms with van der Waals surface area (Å²) in [5, 5.41) is 16.2. The molecule has 5 nitrogen and oxygen atoms in total. The number of guanidine groups is 1. The van der Waals surface area contributed by atoms with Gasteiger partial charge < -0.3 is 20.5 Å². The third-order valence-electron chi connectivity index (χ3n) is 5.56. The Morgan fingerprint density at radius 3 is 2.71 bits per heavy atom. The lowest BCUT2D eigenvalue weighted by atomic mass is 9.80. The molecule has 2 aliphatic rings. The van der Waals surface area contributed by atoms with Crippen molar-refractivity contribution in [2.24, 2.45) is 22.2 Å². The molecule has 1 aliphatic heterocycles. The number of hydrogen-bond donors (Lipinski definition) is 3. The molecule has 0 aromatic carbocycles. The van der Waals surface area contributed by atoms with Gasteiger partial charge in [-0.1, -0.05) is 26.2 Å². The van der Waals surface area contributed by atoms with Gasteiger partial charge in [-0.15, -0.1) is 24.0 Å². The smallest absolute Gasteiger partial charge is 0.191 e. The van der Waals surface area contributed by atoms with Crippen LogP contribution >= 0.6 is 24.0 Å². The van der Waals surface area contributed by atoms with Crippen molar-refractivity contribution in [3.8, 4) is 0 Å². The molecule has 1 aliphatic carbocycles. The average molecular weight is 453 g/mol. The summed E-state index contributed by atoms with van der Waals surface area (Å²) in [5.74, 6) is 2.48. The van der Waals surface area contributed by atoms with Gasteiger partial charge in [0.2, 0.25) is 0 Å². The number of nitrogens with one attached hydrogen (secondary N) is 2. The largest absolute Gasteiger partial charge is 0.396 e. The van der Waals surface area contributed by atoms with E-state index in [1.54, 1.807) is 0 Å².